The summed E-state index contributed by atoms with van der Waals surface area (Å²) in [5.41, 5.74) is 1.09. The number of esters is 1. The molecule has 0 unspecified atom stereocenters. The van der Waals surface area contributed by atoms with Crippen molar-refractivity contribution in [2.45, 2.75) is 45.8 Å². The van der Waals surface area contributed by atoms with Crippen LogP contribution in [0.15, 0.2) is 51.7 Å². The molecule has 0 spiro atoms. The van der Waals surface area contributed by atoms with Crippen molar-refractivity contribution in [1.29, 1.82) is 0 Å². The molecular formula is C27H31NO7S. The maximum Gasteiger partial charge on any atom is 0.408 e. The van der Waals surface area contributed by atoms with Gasteiger partial charge in [-0.1, -0.05) is 12.1 Å². The Labute approximate surface area is 214 Å². The highest BCUT2D eigenvalue weighted by Gasteiger charge is 2.26. The van der Waals surface area contributed by atoms with Crippen LogP contribution >= 0.6 is 11.8 Å². The summed E-state index contributed by atoms with van der Waals surface area (Å²) in [6.07, 6.45) is 1.57. The van der Waals surface area contributed by atoms with Crippen molar-refractivity contribution < 1.29 is 28.2 Å². The summed E-state index contributed by atoms with van der Waals surface area (Å²) in [4.78, 5) is 37.7. The van der Waals surface area contributed by atoms with Gasteiger partial charge in [0.25, 0.3) is 0 Å². The number of amides is 1. The van der Waals surface area contributed by atoms with E-state index in [0.717, 1.165) is 5.56 Å². The van der Waals surface area contributed by atoms with Crippen molar-refractivity contribution in [3.63, 3.8) is 0 Å². The maximum absolute atomic E-state index is 13.0. The fourth-order valence-corrected chi connectivity index (χ4v) is 4.05. The Morgan fingerprint density at radius 1 is 1.11 bits per heavy atom. The Kier molecular flexibility index (Phi) is 8.68. The zero-order valence-electron chi connectivity index (χ0n) is 21.3. The zero-order valence-corrected chi connectivity index (χ0v) is 22.1. The predicted molar refractivity (Wildman–Crippen MR) is 141 cm³/mol. The molecule has 192 valence electrons. The van der Waals surface area contributed by atoms with Crippen LogP contribution in [-0.2, 0) is 9.53 Å². The van der Waals surface area contributed by atoms with Gasteiger partial charge >= 0.3 is 17.7 Å². The molecule has 2 aromatic carbocycles. The van der Waals surface area contributed by atoms with Crippen molar-refractivity contribution in [3.8, 4) is 22.6 Å². The maximum atomic E-state index is 13.0. The van der Waals surface area contributed by atoms with Crippen LogP contribution < -0.4 is 20.4 Å². The molecule has 0 aliphatic heterocycles. The van der Waals surface area contributed by atoms with Gasteiger partial charge in [0.05, 0.1) is 7.11 Å². The first-order chi connectivity index (χ1) is 17.0. The van der Waals surface area contributed by atoms with Crippen molar-refractivity contribution in [2.75, 3.05) is 19.1 Å². The number of hydrogen-bond acceptors (Lipinski definition) is 8. The number of aryl methyl sites for hydroxylation is 1. The lowest BCUT2D eigenvalue weighted by atomic mass is 10.00. The van der Waals surface area contributed by atoms with Gasteiger partial charge in [0, 0.05) is 17.0 Å². The van der Waals surface area contributed by atoms with Crippen LogP contribution in [0.2, 0.25) is 0 Å². The van der Waals surface area contributed by atoms with Crippen LogP contribution in [0.5, 0.6) is 11.5 Å². The van der Waals surface area contributed by atoms with Crippen molar-refractivity contribution in [1.82, 2.24) is 5.32 Å². The van der Waals surface area contributed by atoms with Crippen LogP contribution in [0.4, 0.5) is 4.79 Å². The highest BCUT2D eigenvalue weighted by atomic mass is 32.2. The second kappa shape index (κ2) is 11.5. The zero-order chi connectivity index (χ0) is 26.5. The Balaban J connectivity index is 1.91. The fourth-order valence-electron chi connectivity index (χ4n) is 3.58. The van der Waals surface area contributed by atoms with E-state index in [1.54, 1.807) is 58.7 Å². The number of fused-ring (bicyclic) bond motifs is 1. The van der Waals surface area contributed by atoms with Crippen molar-refractivity contribution in [3.05, 3.63) is 58.4 Å². The first kappa shape index (κ1) is 27.1. The largest absolute Gasteiger partial charge is 0.497 e. The van der Waals surface area contributed by atoms with Gasteiger partial charge in [-0.05, 0) is 81.5 Å². The highest BCUT2D eigenvalue weighted by Crippen LogP contribution is 2.34. The first-order valence-corrected chi connectivity index (χ1v) is 12.8. The van der Waals surface area contributed by atoms with E-state index in [1.165, 1.54) is 6.07 Å². The molecule has 3 rings (SSSR count). The molecule has 0 saturated heterocycles. The second-order valence-corrected chi connectivity index (χ2v) is 10.2. The molecule has 1 heterocycles. The number of ether oxygens (including phenoxy) is 3. The highest BCUT2D eigenvalue weighted by molar-refractivity contribution is 7.98. The Morgan fingerprint density at radius 2 is 1.81 bits per heavy atom. The average Bonchev–Trinajstić information content (AvgIpc) is 2.82. The molecule has 0 saturated carbocycles. The number of hydrogen-bond donors (Lipinski definition) is 1. The van der Waals surface area contributed by atoms with Gasteiger partial charge in [-0.25, -0.2) is 14.4 Å². The van der Waals surface area contributed by atoms with E-state index in [-0.39, 0.29) is 5.75 Å². The number of rotatable bonds is 8. The second-order valence-electron chi connectivity index (χ2n) is 9.17. The summed E-state index contributed by atoms with van der Waals surface area (Å²) in [6.45, 7) is 6.94. The number of benzene rings is 2. The molecule has 9 heteroatoms. The van der Waals surface area contributed by atoms with Crippen LogP contribution in [0.1, 0.15) is 32.8 Å². The molecule has 1 atom stereocenters. The lowest BCUT2D eigenvalue weighted by molar-refractivity contribution is -0.136. The number of nitrogens with one attached hydrogen (secondary N) is 1. The molecule has 8 nitrogen and oxygen atoms in total. The van der Waals surface area contributed by atoms with E-state index >= 15 is 0 Å². The molecule has 0 fully saturated rings. The summed E-state index contributed by atoms with van der Waals surface area (Å²) in [6, 6.07) is 11.3. The third kappa shape index (κ3) is 6.81. The van der Waals surface area contributed by atoms with Crippen LogP contribution in [0.25, 0.3) is 22.1 Å². The van der Waals surface area contributed by atoms with E-state index in [2.05, 4.69) is 5.32 Å². The molecule has 0 aliphatic carbocycles. The van der Waals surface area contributed by atoms with E-state index in [0.29, 0.717) is 40.0 Å². The van der Waals surface area contributed by atoms with Gasteiger partial charge in [0.15, 0.2) is 0 Å². The molecule has 0 bridgehead atoms. The van der Waals surface area contributed by atoms with E-state index in [4.69, 9.17) is 18.6 Å². The van der Waals surface area contributed by atoms with E-state index < -0.39 is 29.3 Å². The van der Waals surface area contributed by atoms with Gasteiger partial charge in [0.1, 0.15) is 28.7 Å². The molecule has 36 heavy (non-hydrogen) atoms. The lowest BCUT2D eigenvalue weighted by Gasteiger charge is -2.23. The Hall–Kier alpha value is -3.46. The molecule has 1 aromatic heterocycles. The standard InChI is InChI=1S/C27H31NO7S/c1-16-22(33-25(30)21(13-14-36-6)28-26(31)35-27(2,3)4)12-11-19-20(15-23(29)34-24(16)19)17-7-9-18(32-5)10-8-17/h7-12,15,21H,13-14H2,1-6H3,(H,28,31)/t21-/m0/s1. The number of thioether (sulfide) groups is 1. The van der Waals surface area contributed by atoms with Gasteiger partial charge in [-0.2, -0.15) is 11.8 Å². The van der Waals surface area contributed by atoms with Crippen LogP contribution in [-0.4, -0.2) is 42.8 Å². The topological polar surface area (TPSA) is 104 Å². The van der Waals surface area contributed by atoms with Crippen LogP contribution in [0.3, 0.4) is 0 Å². The average molecular weight is 514 g/mol. The van der Waals surface area contributed by atoms with Gasteiger partial charge in [-0.15, -0.1) is 0 Å². The number of carbonyl (C=O) groups is 2. The summed E-state index contributed by atoms with van der Waals surface area (Å²) in [5, 5.41) is 3.30. The smallest absolute Gasteiger partial charge is 0.408 e. The molecular weight excluding hydrogens is 482 g/mol. The first-order valence-electron chi connectivity index (χ1n) is 11.4. The van der Waals surface area contributed by atoms with Gasteiger partial charge in [-0.3, -0.25) is 0 Å². The number of alkyl carbamates (subject to hydrolysis) is 1. The summed E-state index contributed by atoms with van der Waals surface area (Å²) < 4.78 is 21.7. The molecule has 1 N–H and O–H groups in total. The van der Waals surface area contributed by atoms with Crippen molar-refractivity contribution in [2.24, 2.45) is 0 Å². The third-order valence-corrected chi connectivity index (χ3v) is 5.95. The normalized spacial score (nSPS) is 12.2. The minimum Gasteiger partial charge on any atom is -0.497 e. The molecule has 3 aromatic rings. The van der Waals surface area contributed by atoms with E-state index in [1.807, 2.05) is 30.5 Å². The minimum atomic E-state index is -0.903. The van der Waals surface area contributed by atoms with E-state index in [9.17, 15) is 14.4 Å². The SMILES string of the molecule is COc1ccc(-c2cc(=O)oc3c(C)c(OC(=O)[C@H](CCSC)NC(=O)OC(C)(C)C)ccc23)cc1. The molecule has 0 radical (unpaired) electrons. The van der Waals surface area contributed by atoms with Gasteiger partial charge in [0.2, 0.25) is 0 Å². The summed E-state index contributed by atoms with van der Waals surface area (Å²) >= 11 is 1.54. The summed E-state index contributed by atoms with van der Waals surface area (Å²) in [7, 11) is 1.59. The Morgan fingerprint density at radius 3 is 2.42 bits per heavy atom. The monoisotopic (exact) mass is 513 g/mol. The third-order valence-electron chi connectivity index (χ3n) is 5.31. The number of methoxy groups -OCH3 is 1. The Bertz CT molecular complexity index is 1290. The number of carbonyl (C=O) groups excluding carboxylic acids is 2. The van der Waals surface area contributed by atoms with Crippen molar-refractivity contribution >= 4 is 34.8 Å². The minimum absolute atomic E-state index is 0.239. The fraction of sp³-hybridized carbons (Fsp3) is 0.370. The van der Waals surface area contributed by atoms with Crippen LogP contribution in [0, 0.1) is 6.92 Å². The molecule has 1 amide bonds. The summed E-state index contributed by atoms with van der Waals surface area (Å²) in [5.74, 6) is 0.938. The lowest BCUT2D eigenvalue weighted by Crippen LogP contribution is -2.45. The molecule has 0 aliphatic rings. The quantitative estimate of drug-likeness (QED) is 0.245. The predicted octanol–water partition coefficient (Wildman–Crippen LogP) is 5.33. The van der Waals surface area contributed by atoms with Gasteiger partial charge < -0.3 is 23.9 Å².